The van der Waals surface area contributed by atoms with Gasteiger partial charge in [-0.2, -0.15) is 5.90 Å². The lowest BCUT2D eigenvalue weighted by Crippen LogP contribution is -2.29. The Hall–Kier alpha value is -3.13. The predicted molar refractivity (Wildman–Crippen MR) is 110 cm³/mol. The van der Waals surface area contributed by atoms with E-state index in [0.717, 1.165) is 5.57 Å². The molecule has 0 aliphatic heterocycles. The maximum atomic E-state index is 12.3. The van der Waals surface area contributed by atoms with E-state index in [1.54, 1.807) is 24.3 Å². The number of hydrogen-bond acceptors (Lipinski definition) is 7. The molecule has 3 N–H and O–H groups in total. The number of hydrogen-bond donors (Lipinski definition) is 2. The number of nitrogens with one attached hydrogen (secondary N) is 1. The van der Waals surface area contributed by atoms with Gasteiger partial charge in [-0.1, -0.05) is 46.7 Å². The Morgan fingerprint density at radius 3 is 2.36 bits per heavy atom. The lowest BCUT2D eigenvalue weighted by Gasteiger charge is -2.16. The number of rotatable bonds is 10. The summed E-state index contributed by atoms with van der Waals surface area (Å²) in [6, 6.07) is 7.08. The predicted octanol–water partition coefficient (Wildman–Crippen LogP) is 2.76. The van der Waals surface area contributed by atoms with Crippen molar-refractivity contribution >= 4 is 23.1 Å². The number of carbonyl (C=O) groups excluding carboxylic acids is 1. The largest absolute Gasteiger partial charge is 0.411 e. The van der Waals surface area contributed by atoms with Crippen LogP contribution in [0.3, 0.4) is 0 Å². The van der Waals surface area contributed by atoms with E-state index in [2.05, 4.69) is 22.2 Å². The fourth-order valence-electron chi connectivity index (χ4n) is 2.46. The van der Waals surface area contributed by atoms with Crippen molar-refractivity contribution in [2.24, 2.45) is 16.2 Å². The van der Waals surface area contributed by atoms with Crippen molar-refractivity contribution in [1.29, 1.82) is 0 Å². The molecule has 8 nitrogen and oxygen atoms in total. The zero-order valence-electron chi connectivity index (χ0n) is 17.0. The summed E-state index contributed by atoms with van der Waals surface area (Å²) in [5.41, 5.74) is 3.32. The fourth-order valence-corrected chi connectivity index (χ4v) is 2.46. The molecule has 0 spiro atoms. The van der Waals surface area contributed by atoms with E-state index >= 15 is 0 Å². The highest BCUT2D eigenvalue weighted by Crippen LogP contribution is 2.26. The third-order valence-corrected chi connectivity index (χ3v) is 3.72. The molecule has 0 aromatic heterocycles. The molecular weight excluding hydrogens is 360 g/mol. The van der Waals surface area contributed by atoms with Gasteiger partial charge in [-0.25, -0.2) is 0 Å². The number of nitrogens with two attached hydrogens (primary N) is 1. The average molecular weight is 388 g/mol. The van der Waals surface area contributed by atoms with Crippen LogP contribution >= 0.6 is 0 Å². The molecule has 0 aliphatic carbocycles. The highest BCUT2D eigenvalue weighted by molar-refractivity contribution is 6.45. The van der Waals surface area contributed by atoms with Crippen LogP contribution in [0, 0.1) is 0 Å². The molecule has 0 radical (unpaired) electrons. The topological polar surface area (TPSA) is 108 Å². The third-order valence-electron chi connectivity index (χ3n) is 3.72. The minimum atomic E-state index is -0.409. The number of carbonyl (C=O) groups is 1. The van der Waals surface area contributed by atoms with E-state index in [4.69, 9.17) is 20.4 Å². The number of allylic oxidation sites excluding steroid dienone is 2. The van der Waals surface area contributed by atoms with Crippen molar-refractivity contribution in [3.05, 3.63) is 53.1 Å². The second kappa shape index (κ2) is 11.6. The molecule has 8 heteroatoms. The van der Waals surface area contributed by atoms with Crippen molar-refractivity contribution in [2.75, 3.05) is 20.8 Å². The first-order valence-corrected chi connectivity index (χ1v) is 8.75. The Labute approximate surface area is 165 Å². The van der Waals surface area contributed by atoms with Gasteiger partial charge in [0, 0.05) is 30.2 Å². The lowest BCUT2D eigenvalue weighted by atomic mass is 9.96. The summed E-state index contributed by atoms with van der Waals surface area (Å²) in [6.45, 7) is 9.89. The fraction of sp³-hybridized carbons (Fsp3) is 0.350. The summed E-state index contributed by atoms with van der Waals surface area (Å²) in [4.78, 5) is 27.6. The van der Waals surface area contributed by atoms with E-state index in [1.165, 1.54) is 14.2 Å². The number of likely N-dealkylation sites (N-methyl/N-ethyl adjacent to an activating group) is 1. The maximum Gasteiger partial charge on any atom is 0.273 e. The first-order valence-electron chi connectivity index (χ1n) is 8.75. The Bertz CT molecular complexity index is 797. The van der Waals surface area contributed by atoms with E-state index in [9.17, 15) is 4.79 Å². The van der Waals surface area contributed by atoms with Crippen LogP contribution < -0.4 is 11.2 Å². The van der Waals surface area contributed by atoms with Crippen molar-refractivity contribution in [1.82, 2.24) is 5.32 Å². The van der Waals surface area contributed by atoms with Crippen LogP contribution in [0.2, 0.25) is 0 Å². The van der Waals surface area contributed by atoms with Crippen molar-refractivity contribution < 1.29 is 19.3 Å². The molecule has 1 rings (SSSR count). The van der Waals surface area contributed by atoms with Gasteiger partial charge in [-0.15, -0.1) is 0 Å². The lowest BCUT2D eigenvalue weighted by molar-refractivity contribution is -0.114. The van der Waals surface area contributed by atoms with E-state index in [-0.39, 0.29) is 5.71 Å². The molecule has 0 saturated heterocycles. The van der Waals surface area contributed by atoms with Crippen LogP contribution in [0.4, 0.5) is 0 Å². The van der Waals surface area contributed by atoms with Crippen LogP contribution in [-0.2, 0) is 19.3 Å². The standard InChI is InChI=1S/C20H28N4O4/c1-7-27-23-17(12-13(2)3)14(4)19(28-21)16-11-9-8-10-15(16)18(24-26-6)20(25)22-5/h8-11H,2,7,12,21H2,1,3-6H3,(H,22,25). The molecule has 1 amide bonds. The van der Waals surface area contributed by atoms with E-state index in [0.29, 0.717) is 41.2 Å². The zero-order valence-corrected chi connectivity index (χ0v) is 17.0. The summed E-state index contributed by atoms with van der Waals surface area (Å²) in [6.07, 6.45) is 0.481. The molecule has 0 bridgehead atoms. The SMILES string of the molecule is C=C(C)CC(=NOCC)C(C)=C(ON)c1ccccc1C(=NOC)C(=O)NC. The van der Waals surface area contributed by atoms with Crippen LogP contribution in [0.5, 0.6) is 0 Å². The van der Waals surface area contributed by atoms with E-state index in [1.807, 2.05) is 20.8 Å². The zero-order chi connectivity index (χ0) is 21.1. The van der Waals surface area contributed by atoms with Crippen molar-refractivity contribution in [2.45, 2.75) is 27.2 Å². The van der Waals surface area contributed by atoms with Gasteiger partial charge >= 0.3 is 0 Å². The summed E-state index contributed by atoms with van der Waals surface area (Å²) >= 11 is 0. The van der Waals surface area contributed by atoms with Gasteiger partial charge in [0.05, 0.1) is 5.71 Å². The number of oxime groups is 2. The molecule has 1 aromatic rings. The Morgan fingerprint density at radius 1 is 1.21 bits per heavy atom. The normalized spacial score (nSPS) is 12.8. The quantitative estimate of drug-likeness (QED) is 0.277. The number of nitrogens with zero attached hydrogens (tertiary/aromatic N) is 2. The second-order valence-electron chi connectivity index (χ2n) is 5.91. The van der Waals surface area contributed by atoms with Gasteiger partial charge in [0.15, 0.2) is 11.5 Å². The van der Waals surface area contributed by atoms with E-state index < -0.39 is 5.91 Å². The molecule has 0 fully saturated rings. The van der Waals surface area contributed by atoms with Crippen LogP contribution in [0.25, 0.3) is 5.76 Å². The van der Waals surface area contributed by atoms with Crippen molar-refractivity contribution in [3.63, 3.8) is 0 Å². The van der Waals surface area contributed by atoms with Gasteiger partial charge in [0.2, 0.25) is 0 Å². The third kappa shape index (κ3) is 5.95. The molecule has 0 unspecified atom stereocenters. The first kappa shape index (κ1) is 22.9. The second-order valence-corrected chi connectivity index (χ2v) is 5.91. The number of benzene rings is 1. The Kier molecular flexibility index (Phi) is 9.45. The minimum absolute atomic E-state index is 0.0890. The summed E-state index contributed by atoms with van der Waals surface area (Å²) < 4.78 is 0. The van der Waals surface area contributed by atoms with Gasteiger partial charge in [-0.3, -0.25) is 4.79 Å². The van der Waals surface area contributed by atoms with Crippen LogP contribution in [-0.4, -0.2) is 38.1 Å². The summed E-state index contributed by atoms with van der Waals surface area (Å²) in [7, 11) is 2.88. The molecule has 1 aromatic carbocycles. The van der Waals surface area contributed by atoms with Crippen LogP contribution in [0.1, 0.15) is 38.3 Å². The average Bonchev–Trinajstić information content (AvgIpc) is 2.69. The number of amides is 1. The molecule has 28 heavy (non-hydrogen) atoms. The van der Waals surface area contributed by atoms with Crippen LogP contribution in [0.15, 0.2) is 52.3 Å². The molecule has 0 aliphatic rings. The van der Waals surface area contributed by atoms with Gasteiger partial charge in [0.25, 0.3) is 5.91 Å². The molecule has 0 saturated carbocycles. The Balaban J connectivity index is 3.65. The monoisotopic (exact) mass is 388 g/mol. The smallest absolute Gasteiger partial charge is 0.273 e. The first-order chi connectivity index (χ1) is 13.4. The molecule has 152 valence electrons. The van der Waals surface area contributed by atoms with Crippen molar-refractivity contribution in [3.8, 4) is 0 Å². The van der Waals surface area contributed by atoms with Gasteiger partial charge in [0.1, 0.15) is 13.7 Å². The van der Waals surface area contributed by atoms with Gasteiger partial charge < -0.3 is 19.8 Å². The molecular formula is C20H28N4O4. The molecule has 0 heterocycles. The Morgan fingerprint density at radius 2 is 1.86 bits per heavy atom. The highest BCUT2D eigenvalue weighted by atomic mass is 16.6. The summed E-state index contributed by atoms with van der Waals surface area (Å²) in [5, 5.41) is 10.6. The van der Waals surface area contributed by atoms with Gasteiger partial charge in [-0.05, 0) is 20.8 Å². The maximum absolute atomic E-state index is 12.3. The minimum Gasteiger partial charge on any atom is -0.411 e. The highest BCUT2D eigenvalue weighted by Gasteiger charge is 2.22. The molecule has 0 atom stereocenters. The summed E-state index contributed by atoms with van der Waals surface area (Å²) in [5.74, 6) is 5.53.